The van der Waals surface area contributed by atoms with E-state index in [9.17, 15) is 10.1 Å². The zero-order valence-electron chi connectivity index (χ0n) is 11.3. The Labute approximate surface area is 115 Å². The zero-order chi connectivity index (χ0) is 14.7. The lowest BCUT2D eigenvalue weighted by Gasteiger charge is -2.12. The van der Waals surface area contributed by atoms with Crippen LogP contribution in [0.15, 0.2) is 28.8 Å². The van der Waals surface area contributed by atoms with Gasteiger partial charge in [0.25, 0.3) is 5.69 Å². The lowest BCUT2D eigenvalue weighted by atomic mass is 10.0. The number of non-ortho nitro benzene ring substituents is 1. The molecule has 1 unspecified atom stereocenters. The molecule has 0 aliphatic carbocycles. The molecule has 106 valence electrons. The first-order valence-electron chi connectivity index (χ1n) is 6.37. The fourth-order valence-electron chi connectivity index (χ4n) is 1.74. The monoisotopic (exact) mass is 276 g/mol. The normalized spacial score (nSPS) is 13.9. The topological polar surface area (TPSA) is 108 Å². The third kappa shape index (κ3) is 2.83. The maximum Gasteiger partial charge on any atom is 0.270 e. The number of nitrogens with zero attached hydrogens (tertiary/aromatic N) is 3. The lowest BCUT2D eigenvalue weighted by molar-refractivity contribution is -0.384. The fraction of sp³-hybridized carbons (Fsp3) is 0.385. The third-order valence-corrected chi connectivity index (χ3v) is 3.30. The van der Waals surface area contributed by atoms with Crippen LogP contribution >= 0.6 is 0 Å². The van der Waals surface area contributed by atoms with Gasteiger partial charge in [-0.2, -0.15) is 4.98 Å². The van der Waals surface area contributed by atoms with Gasteiger partial charge in [-0.25, -0.2) is 0 Å². The number of nitrogens with two attached hydrogens (primary N) is 1. The first kappa shape index (κ1) is 14.1. The summed E-state index contributed by atoms with van der Waals surface area (Å²) in [5.74, 6) is 0.872. The van der Waals surface area contributed by atoms with Gasteiger partial charge < -0.3 is 10.3 Å². The van der Waals surface area contributed by atoms with Crippen LogP contribution in [0.3, 0.4) is 0 Å². The molecule has 1 aromatic heterocycles. The summed E-state index contributed by atoms with van der Waals surface area (Å²) in [6, 6.07) is 5.76. The molecule has 0 saturated heterocycles. The minimum Gasteiger partial charge on any atom is -0.337 e. The molecule has 2 N–H and O–H groups in total. The van der Waals surface area contributed by atoms with E-state index in [1.807, 2.05) is 13.8 Å². The van der Waals surface area contributed by atoms with Gasteiger partial charge in [-0.15, -0.1) is 0 Å². The summed E-state index contributed by atoms with van der Waals surface area (Å²) in [5, 5.41) is 14.6. The van der Waals surface area contributed by atoms with E-state index in [0.29, 0.717) is 17.3 Å². The van der Waals surface area contributed by atoms with Crippen molar-refractivity contribution in [2.24, 2.45) is 11.7 Å². The molecule has 0 bridgehead atoms. The highest BCUT2D eigenvalue weighted by atomic mass is 16.6. The smallest absolute Gasteiger partial charge is 0.270 e. The van der Waals surface area contributed by atoms with E-state index >= 15 is 0 Å². The summed E-state index contributed by atoms with van der Waals surface area (Å²) < 4.78 is 5.15. The molecule has 1 heterocycles. The van der Waals surface area contributed by atoms with Crippen LogP contribution in [0.1, 0.15) is 32.2 Å². The molecule has 2 rings (SSSR count). The molecule has 7 nitrogen and oxygen atoms in total. The zero-order valence-corrected chi connectivity index (χ0v) is 11.3. The summed E-state index contributed by atoms with van der Waals surface area (Å²) in [6.07, 6.45) is 0.899. The van der Waals surface area contributed by atoms with E-state index in [1.165, 1.54) is 12.1 Å². The van der Waals surface area contributed by atoms with Crippen LogP contribution < -0.4 is 5.73 Å². The van der Waals surface area contributed by atoms with Gasteiger partial charge in [0.05, 0.1) is 11.0 Å². The van der Waals surface area contributed by atoms with E-state index in [0.717, 1.165) is 6.42 Å². The van der Waals surface area contributed by atoms with Crippen LogP contribution in [0, 0.1) is 16.0 Å². The molecule has 2 atom stereocenters. The summed E-state index contributed by atoms with van der Waals surface area (Å²) >= 11 is 0. The average molecular weight is 276 g/mol. The van der Waals surface area contributed by atoms with Crippen molar-refractivity contribution in [2.75, 3.05) is 0 Å². The number of nitro benzene ring substituents is 1. The van der Waals surface area contributed by atoms with Gasteiger partial charge in [0.1, 0.15) is 0 Å². The maximum atomic E-state index is 10.7. The van der Waals surface area contributed by atoms with Gasteiger partial charge in [-0.1, -0.05) is 37.6 Å². The van der Waals surface area contributed by atoms with Crippen molar-refractivity contribution in [3.05, 3.63) is 40.3 Å². The number of benzene rings is 1. The Balaban J connectivity index is 2.29. The Bertz CT molecular complexity index is 611. The highest BCUT2D eigenvalue weighted by Gasteiger charge is 2.21. The molecule has 20 heavy (non-hydrogen) atoms. The van der Waals surface area contributed by atoms with Crippen LogP contribution in [0.2, 0.25) is 0 Å². The summed E-state index contributed by atoms with van der Waals surface area (Å²) in [4.78, 5) is 14.5. The Morgan fingerprint density at radius 1 is 1.50 bits per heavy atom. The van der Waals surface area contributed by atoms with Crippen LogP contribution in [-0.2, 0) is 0 Å². The van der Waals surface area contributed by atoms with Crippen molar-refractivity contribution in [3.8, 4) is 11.4 Å². The Morgan fingerprint density at radius 3 is 2.90 bits per heavy atom. The van der Waals surface area contributed by atoms with Crippen LogP contribution in [-0.4, -0.2) is 15.1 Å². The average Bonchev–Trinajstić information content (AvgIpc) is 2.95. The van der Waals surface area contributed by atoms with Crippen molar-refractivity contribution in [3.63, 3.8) is 0 Å². The van der Waals surface area contributed by atoms with Crippen molar-refractivity contribution in [2.45, 2.75) is 26.3 Å². The molecule has 0 spiro atoms. The van der Waals surface area contributed by atoms with Crippen molar-refractivity contribution < 1.29 is 9.45 Å². The van der Waals surface area contributed by atoms with E-state index in [1.54, 1.807) is 12.1 Å². The molecular weight excluding hydrogens is 260 g/mol. The van der Waals surface area contributed by atoms with Gasteiger partial charge in [-0.05, 0) is 5.92 Å². The molecule has 2 aromatic rings. The van der Waals surface area contributed by atoms with Gasteiger partial charge in [0, 0.05) is 17.7 Å². The minimum atomic E-state index is -0.463. The van der Waals surface area contributed by atoms with E-state index in [4.69, 9.17) is 10.3 Å². The third-order valence-electron chi connectivity index (χ3n) is 3.30. The second-order valence-corrected chi connectivity index (χ2v) is 4.67. The number of rotatable bonds is 5. The van der Waals surface area contributed by atoms with Crippen molar-refractivity contribution in [1.82, 2.24) is 10.1 Å². The maximum absolute atomic E-state index is 10.7. The molecule has 1 aromatic carbocycles. The van der Waals surface area contributed by atoms with Gasteiger partial charge >= 0.3 is 0 Å². The van der Waals surface area contributed by atoms with Gasteiger partial charge in [-0.3, -0.25) is 10.1 Å². The minimum absolute atomic E-state index is 0.0138. The molecule has 0 aliphatic heterocycles. The highest BCUT2D eigenvalue weighted by Crippen LogP contribution is 2.25. The highest BCUT2D eigenvalue weighted by molar-refractivity contribution is 5.58. The van der Waals surface area contributed by atoms with Crippen LogP contribution in [0.25, 0.3) is 11.4 Å². The van der Waals surface area contributed by atoms with E-state index in [2.05, 4.69) is 10.1 Å². The molecule has 0 saturated carbocycles. The quantitative estimate of drug-likeness (QED) is 0.664. The molecule has 0 fully saturated rings. The molecule has 0 aliphatic rings. The van der Waals surface area contributed by atoms with E-state index in [-0.39, 0.29) is 17.6 Å². The van der Waals surface area contributed by atoms with Crippen molar-refractivity contribution in [1.29, 1.82) is 0 Å². The predicted octanol–water partition coefficient (Wildman–Crippen LogP) is 2.69. The summed E-state index contributed by atoms with van der Waals surface area (Å²) in [7, 11) is 0. The SMILES string of the molecule is CCC(C)[C@H](N)c1nc(-c2cccc([N+](=O)[O-])c2)no1. The Kier molecular flexibility index (Phi) is 4.09. The number of nitro groups is 1. The number of aromatic nitrogens is 2. The summed E-state index contributed by atoms with van der Waals surface area (Å²) in [6.45, 7) is 4.03. The molecule has 0 amide bonds. The molecule has 7 heteroatoms. The van der Waals surface area contributed by atoms with Crippen LogP contribution in [0.5, 0.6) is 0 Å². The molecular formula is C13H16N4O3. The second kappa shape index (κ2) is 5.79. The van der Waals surface area contributed by atoms with E-state index < -0.39 is 4.92 Å². The standard InChI is InChI=1S/C13H16N4O3/c1-3-8(2)11(14)13-15-12(16-20-13)9-5-4-6-10(7-9)17(18)19/h4-8,11H,3,14H2,1-2H3/t8?,11-/m0/s1. The Morgan fingerprint density at radius 2 is 2.25 bits per heavy atom. The Hall–Kier alpha value is -2.28. The van der Waals surface area contributed by atoms with Crippen molar-refractivity contribution >= 4 is 5.69 Å². The van der Waals surface area contributed by atoms with Gasteiger partial charge in [0.2, 0.25) is 11.7 Å². The number of hydrogen-bond donors (Lipinski definition) is 1. The van der Waals surface area contributed by atoms with Gasteiger partial charge in [0.15, 0.2) is 0 Å². The fourth-order valence-corrected chi connectivity index (χ4v) is 1.74. The largest absolute Gasteiger partial charge is 0.337 e. The second-order valence-electron chi connectivity index (χ2n) is 4.67. The first-order chi connectivity index (χ1) is 9.52. The van der Waals surface area contributed by atoms with Crippen LogP contribution in [0.4, 0.5) is 5.69 Å². The number of hydrogen-bond acceptors (Lipinski definition) is 6. The predicted molar refractivity (Wildman–Crippen MR) is 72.8 cm³/mol. The lowest BCUT2D eigenvalue weighted by Crippen LogP contribution is -2.18. The first-order valence-corrected chi connectivity index (χ1v) is 6.37. The summed E-state index contributed by atoms with van der Waals surface area (Å²) in [5.41, 5.74) is 6.53. The molecule has 0 radical (unpaired) electrons.